The first kappa shape index (κ1) is 21.6. The van der Waals surface area contributed by atoms with E-state index in [1.165, 1.54) is 5.56 Å². The summed E-state index contributed by atoms with van der Waals surface area (Å²) in [6.07, 6.45) is 0.919. The van der Waals surface area contributed by atoms with Crippen LogP contribution in [0.1, 0.15) is 18.1 Å². The second kappa shape index (κ2) is 12.6. The van der Waals surface area contributed by atoms with Crippen molar-refractivity contribution < 1.29 is 14.2 Å². The Morgan fingerprint density at radius 1 is 0.857 bits per heavy atom. The molecule has 2 rings (SSSR count). The Bertz CT molecular complexity index is 700. The largest absolute Gasteiger partial charge is 0.497 e. The van der Waals surface area contributed by atoms with Gasteiger partial charge in [0, 0.05) is 20.2 Å². The summed E-state index contributed by atoms with van der Waals surface area (Å²) in [6.45, 7) is 5.44. The Hall–Kier alpha value is -2.73. The lowest BCUT2D eigenvalue weighted by Crippen LogP contribution is -2.38. The lowest BCUT2D eigenvalue weighted by Gasteiger charge is -2.12. The molecule has 0 aliphatic rings. The minimum absolute atomic E-state index is 0.552. The van der Waals surface area contributed by atoms with Crippen LogP contribution in [-0.2, 0) is 17.7 Å². The maximum atomic E-state index is 5.58. The zero-order valence-electron chi connectivity index (χ0n) is 17.0. The van der Waals surface area contributed by atoms with E-state index >= 15 is 0 Å². The highest BCUT2D eigenvalue weighted by atomic mass is 16.5. The van der Waals surface area contributed by atoms with Crippen LogP contribution >= 0.6 is 0 Å². The van der Waals surface area contributed by atoms with Crippen LogP contribution in [-0.4, -0.2) is 46.5 Å². The van der Waals surface area contributed by atoms with Gasteiger partial charge in [-0.1, -0.05) is 24.3 Å². The van der Waals surface area contributed by atoms with Crippen LogP contribution in [0.4, 0.5) is 0 Å². The summed E-state index contributed by atoms with van der Waals surface area (Å²) >= 11 is 0. The van der Waals surface area contributed by atoms with Crippen LogP contribution in [0.2, 0.25) is 0 Å². The van der Waals surface area contributed by atoms with Crippen molar-refractivity contribution in [2.75, 3.05) is 40.5 Å². The van der Waals surface area contributed by atoms with E-state index in [0.717, 1.165) is 42.5 Å². The van der Waals surface area contributed by atoms with Gasteiger partial charge in [-0.3, -0.25) is 0 Å². The van der Waals surface area contributed by atoms with Gasteiger partial charge in [0.2, 0.25) is 0 Å². The summed E-state index contributed by atoms with van der Waals surface area (Å²) in [5.41, 5.74) is 2.39. The van der Waals surface area contributed by atoms with E-state index < -0.39 is 0 Å². The summed E-state index contributed by atoms with van der Waals surface area (Å²) in [7, 11) is 3.34. The molecule has 0 saturated carbocycles. The average molecular weight is 386 g/mol. The molecular weight excluding hydrogens is 354 g/mol. The highest BCUT2D eigenvalue weighted by molar-refractivity contribution is 5.79. The second-order valence-corrected chi connectivity index (χ2v) is 6.21. The predicted molar refractivity (Wildman–Crippen MR) is 113 cm³/mol. The van der Waals surface area contributed by atoms with Gasteiger partial charge in [-0.05, 0) is 48.7 Å². The van der Waals surface area contributed by atoms with Crippen LogP contribution in [0.3, 0.4) is 0 Å². The maximum absolute atomic E-state index is 5.58. The fraction of sp³-hybridized carbons (Fsp3) is 0.409. The number of hydrogen-bond donors (Lipinski definition) is 2. The highest BCUT2D eigenvalue weighted by Gasteiger charge is 2.00. The summed E-state index contributed by atoms with van der Waals surface area (Å²) in [5, 5.41) is 6.67. The third-order valence-electron chi connectivity index (χ3n) is 4.11. The van der Waals surface area contributed by atoms with E-state index in [1.54, 1.807) is 14.2 Å². The van der Waals surface area contributed by atoms with Gasteiger partial charge < -0.3 is 24.8 Å². The average Bonchev–Trinajstić information content (AvgIpc) is 2.73. The van der Waals surface area contributed by atoms with E-state index in [1.807, 2.05) is 36.4 Å². The minimum atomic E-state index is 0.552. The molecule has 0 unspecified atom stereocenters. The molecule has 0 amide bonds. The Balaban J connectivity index is 1.81. The first-order chi connectivity index (χ1) is 13.7. The van der Waals surface area contributed by atoms with Crippen LogP contribution in [0.25, 0.3) is 0 Å². The van der Waals surface area contributed by atoms with Crippen molar-refractivity contribution in [3.8, 4) is 11.5 Å². The zero-order valence-corrected chi connectivity index (χ0v) is 17.0. The molecule has 2 aromatic carbocycles. The molecule has 0 radical (unpaired) electrons. The SMILES string of the molecule is CCNC(=NCc1ccc(OCCOC)cc1)NCCc1ccc(OC)cc1. The van der Waals surface area contributed by atoms with Crippen molar-refractivity contribution >= 4 is 5.96 Å². The number of benzene rings is 2. The normalized spacial score (nSPS) is 11.2. The molecular formula is C22H31N3O3. The van der Waals surface area contributed by atoms with Crippen molar-refractivity contribution in [1.82, 2.24) is 10.6 Å². The van der Waals surface area contributed by atoms with Gasteiger partial charge in [-0.15, -0.1) is 0 Å². The summed E-state index contributed by atoms with van der Waals surface area (Å²) < 4.78 is 15.8. The van der Waals surface area contributed by atoms with Crippen LogP contribution < -0.4 is 20.1 Å². The van der Waals surface area contributed by atoms with E-state index in [4.69, 9.17) is 14.2 Å². The summed E-state index contributed by atoms with van der Waals surface area (Å²) in [6, 6.07) is 16.1. The van der Waals surface area contributed by atoms with Gasteiger partial charge >= 0.3 is 0 Å². The number of hydrogen-bond acceptors (Lipinski definition) is 4. The smallest absolute Gasteiger partial charge is 0.191 e. The fourth-order valence-electron chi connectivity index (χ4n) is 2.56. The van der Waals surface area contributed by atoms with Crippen molar-refractivity contribution in [1.29, 1.82) is 0 Å². The molecule has 0 aliphatic heterocycles. The third-order valence-corrected chi connectivity index (χ3v) is 4.11. The Morgan fingerprint density at radius 2 is 1.54 bits per heavy atom. The number of methoxy groups -OCH3 is 2. The predicted octanol–water partition coefficient (Wildman–Crippen LogP) is 3.02. The lowest BCUT2D eigenvalue weighted by molar-refractivity contribution is 0.146. The molecule has 6 heteroatoms. The summed E-state index contributed by atoms with van der Waals surface area (Å²) in [4.78, 5) is 4.66. The van der Waals surface area contributed by atoms with Gasteiger partial charge in [0.1, 0.15) is 18.1 Å². The number of nitrogens with zero attached hydrogens (tertiary/aromatic N) is 1. The molecule has 28 heavy (non-hydrogen) atoms. The van der Waals surface area contributed by atoms with E-state index in [2.05, 4.69) is 34.7 Å². The van der Waals surface area contributed by atoms with E-state index in [9.17, 15) is 0 Å². The molecule has 0 fully saturated rings. The molecule has 6 nitrogen and oxygen atoms in total. The quantitative estimate of drug-likeness (QED) is 0.354. The molecule has 0 heterocycles. The second-order valence-electron chi connectivity index (χ2n) is 6.21. The molecule has 0 aromatic heterocycles. The fourth-order valence-corrected chi connectivity index (χ4v) is 2.56. The Kier molecular flexibility index (Phi) is 9.72. The van der Waals surface area contributed by atoms with Crippen molar-refractivity contribution in [2.45, 2.75) is 19.9 Å². The topological polar surface area (TPSA) is 64.1 Å². The molecule has 0 spiro atoms. The minimum Gasteiger partial charge on any atom is -0.497 e. The van der Waals surface area contributed by atoms with Crippen LogP contribution in [0.15, 0.2) is 53.5 Å². The Morgan fingerprint density at radius 3 is 2.18 bits per heavy atom. The van der Waals surface area contributed by atoms with Gasteiger partial charge in [-0.25, -0.2) is 4.99 Å². The molecule has 2 N–H and O–H groups in total. The third kappa shape index (κ3) is 7.88. The number of rotatable bonds is 11. The number of aliphatic imine (C=N–C) groups is 1. The molecule has 0 aliphatic carbocycles. The van der Waals surface area contributed by atoms with Crippen molar-refractivity contribution in [2.24, 2.45) is 4.99 Å². The monoisotopic (exact) mass is 385 g/mol. The van der Waals surface area contributed by atoms with Crippen LogP contribution in [0, 0.1) is 0 Å². The molecule has 2 aromatic rings. The molecule has 152 valence electrons. The van der Waals surface area contributed by atoms with Crippen molar-refractivity contribution in [3.63, 3.8) is 0 Å². The maximum Gasteiger partial charge on any atom is 0.191 e. The summed E-state index contributed by atoms with van der Waals surface area (Å²) in [5.74, 6) is 2.53. The van der Waals surface area contributed by atoms with Gasteiger partial charge in [0.15, 0.2) is 5.96 Å². The van der Waals surface area contributed by atoms with Gasteiger partial charge in [0.05, 0.1) is 20.3 Å². The van der Waals surface area contributed by atoms with Gasteiger partial charge in [0.25, 0.3) is 0 Å². The zero-order chi connectivity index (χ0) is 20.0. The van der Waals surface area contributed by atoms with Gasteiger partial charge in [-0.2, -0.15) is 0 Å². The number of guanidine groups is 1. The lowest BCUT2D eigenvalue weighted by atomic mass is 10.1. The van der Waals surface area contributed by atoms with Crippen molar-refractivity contribution in [3.05, 3.63) is 59.7 Å². The Labute approximate surface area is 167 Å². The standard InChI is InChI=1S/C22H31N3O3/c1-4-23-22(24-14-13-18-5-9-20(27-3)10-6-18)25-17-19-7-11-21(12-8-19)28-16-15-26-2/h5-12H,4,13-17H2,1-3H3,(H2,23,24,25). The first-order valence-corrected chi connectivity index (χ1v) is 9.61. The first-order valence-electron chi connectivity index (χ1n) is 9.61. The number of ether oxygens (including phenoxy) is 3. The van der Waals surface area contributed by atoms with E-state index in [-0.39, 0.29) is 0 Å². The number of nitrogens with one attached hydrogen (secondary N) is 2. The van der Waals surface area contributed by atoms with Crippen LogP contribution in [0.5, 0.6) is 11.5 Å². The molecule has 0 bridgehead atoms. The highest BCUT2D eigenvalue weighted by Crippen LogP contribution is 2.13. The molecule has 0 atom stereocenters. The van der Waals surface area contributed by atoms with E-state index in [0.29, 0.717) is 19.8 Å². The molecule has 0 saturated heterocycles.